The molecule has 1 N–H and O–H groups in total. The fraction of sp³-hybridized carbons (Fsp3) is 0.188. The Morgan fingerprint density at radius 1 is 1.26 bits per heavy atom. The van der Waals surface area contributed by atoms with E-state index in [1.165, 1.54) is 16.2 Å². The third kappa shape index (κ3) is 3.30. The summed E-state index contributed by atoms with van der Waals surface area (Å²) in [6, 6.07) is 8.17. The Bertz CT molecular complexity index is 818. The van der Waals surface area contributed by atoms with E-state index in [9.17, 15) is 4.79 Å². The summed E-state index contributed by atoms with van der Waals surface area (Å²) in [6.45, 7) is 3.46. The monoisotopic (exact) mass is 345 g/mol. The van der Waals surface area contributed by atoms with Gasteiger partial charge in [0.2, 0.25) is 0 Å². The molecule has 2 aromatic heterocycles. The summed E-state index contributed by atoms with van der Waals surface area (Å²) in [7, 11) is 0. The topological polar surface area (TPSA) is 68.0 Å². The van der Waals surface area contributed by atoms with Gasteiger partial charge in [-0.1, -0.05) is 17.3 Å². The average Bonchev–Trinajstić information content (AvgIpc) is 3.14. The molecule has 0 spiro atoms. The maximum atomic E-state index is 12.3. The van der Waals surface area contributed by atoms with Gasteiger partial charge in [0, 0.05) is 15.8 Å². The van der Waals surface area contributed by atoms with Crippen LogP contribution in [0.15, 0.2) is 39.1 Å². The maximum Gasteiger partial charge on any atom is 0.262 e. The van der Waals surface area contributed by atoms with Gasteiger partial charge in [-0.15, -0.1) is 23.1 Å². The number of aromatic nitrogens is 2. The summed E-state index contributed by atoms with van der Waals surface area (Å²) in [5.74, 6) is 0.254. The largest absolute Gasteiger partial charge is 0.361 e. The predicted molar refractivity (Wildman–Crippen MR) is 93.3 cm³/mol. The lowest BCUT2D eigenvalue weighted by Crippen LogP contribution is -2.13. The Hall–Kier alpha value is -2.12. The van der Waals surface area contributed by atoms with Crippen molar-refractivity contribution in [3.05, 3.63) is 46.7 Å². The summed E-state index contributed by atoms with van der Waals surface area (Å²) in [5.41, 5.74) is 2.91. The Labute approximate surface area is 142 Å². The highest BCUT2D eigenvalue weighted by atomic mass is 32.2. The minimum absolute atomic E-state index is 0.250. The first-order chi connectivity index (χ1) is 11.1. The number of carbonyl (C=O) groups excluding carboxylic acids is 1. The molecular formula is C16H15N3O2S2. The molecule has 0 atom stereocenters. The highest BCUT2D eigenvalue weighted by molar-refractivity contribution is 7.98. The van der Waals surface area contributed by atoms with Crippen molar-refractivity contribution in [1.82, 2.24) is 10.1 Å². The molecule has 3 aromatic rings. The third-order valence-electron chi connectivity index (χ3n) is 3.37. The Morgan fingerprint density at radius 3 is 2.61 bits per heavy atom. The molecule has 0 radical (unpaired) electrons. The van der Waals surface area contributed by atoms with E-state index in [1.54, 1.807) is 25.6 Å². The molecule has 118 valence electrons. The summed E-state index contributed by atoms with van der Waals surface area (Å²) in [6.07, 6.45) is 2.04. The van der Waals surface area contributed by atoms with Crippen LogP contribution in [0.25, 0.3) is 11.3 Å². The zero-order valence-corrected chi connectivity index (χ0v) is 14.5. The van der Waals surface area contributed by atoms with Crippen LogP contribution >= 0.6 is 23.1 Å². The van der Waals surface area contributed by atoms with Crippen LogP contribution in [0.3, 0.4) is 0 Å². The first-order valence-corrected chi connectivity index (χ1v) is 9.03. The van der Waals surface area contributed by atoms with Gasteiger partial charge >= 0.3 is 0 Å². The van der Waals surface area contributed by atoms with Crippen LogP contribution in [0, 0.1) is 13.8 Å². The van der Waals surface area contributed by atoms with E-state index in [2.05, 4.69) is 27.6 Å². The number of hydrogen-bond donors (Lipinski definition) is 1. The summed E-state index contributed by atoms with van der Waals surface area (Å²) < 4.78 is 5.02. The number of aryl methyl sites for hydroxylation is 2. The van der Waals surface area contributed by atoms with Gasteiger partial charge in [-0.05, 0) is 32.2 Å². The fourth-order valence-corrected chi connectivity index (χ4v) is 3.32. The molecule has 2 heterocycles. The number of hydrogen-bond acceptors (Lipinski definition) is 6. The molecule has 0 saturated carbocycles. The molecule has 3 rings (SSSR count). The molecule has 23 heavy (non-hydrogen) atoms. The van der Waals surface area contributed by atoms with Crippen molar-refractivity contribution in [3.63, 3.8) is 0 Å². The summed E-state index contributed by atoms with van der Waals surface area (Å²) >= 11 is 3.09. The number of thiazole rings is 1. The standard InChI is InChI=1S/C16H15N3O2S2/c1-9-14(10(2)21-19-9)15(20)18-16-17-13(8-23-16)11-4-6-12(22-3)7-5-11/h4-8H,1-3H3,(H,17,18,20). The molecule has 0 unspecified atom stereocenters. The number of nitrogens with zero attached hydrogens (tertiary/aromatic N) is 2. The molecule has 0 aliphatic rings. The maximum absolute atomic E-state index is 12.3. The van der Waals surface area contributed by atoms with Gasteiger partial charge in [-0.2, -0.15) is 0 Å². The van der Waals surface area contributed by atoms with Crippen LogP contribution < -0.4 is 5.32 Å². The second-order valence-electron chi connectivity index (χ2n) is 4.92. The minimum Gasteiger partial charge on any atom is -0.361 e. The predicted octanol–water partition coefficient (Wildman–Crippen LogP) is 4.39. The van der Waals surface area contributed by atoms with Crippen molar-refractivity contribution in [2.75, 3.05) is 11.6 Å². The van der Waals surface area contributed by atoms with Crippen molar-refractivity contribution < 1.29 is 9.32 Å². The molecule has 0 aliphatic heterocycles. The number of thioether (sulfide) groups is 1. The van der Waals surface area contributed by atoms with E-state index in [0.29, 0.717) is 22.1 Å². The van der Waals surface area contributed by atoms with E-state index >= 15 is 0 Å². The molecular weight excluding hydrogens is 330 g/mol. The number of anilines is 1. The quantitative estimate of drug-likeness (QED) is 0.710. The van der Waals surface area contributed by atoms with Crippen molar-refractivity contribution in [2.24, 2.45) is 0 Å². The van der Waals surface area contributed by atoms with E-state index < -0.39 is 0 Å². The second kappa shape index (κ2) is 6.55. The zero-order valence-electron chi connectivity index (χ0n) is 12.9. The summed E-state index contributed by atoms with van der Waals surface area (Å²) in [5, 5.41) is 9.08. The molecule has 1 amide bonds. The highest BCUT2D eigenvalue weighted by Crippen LogP contribution is 2.27. The van der Waals surface area contributed by atoms with Crippen molar-refractivity contribution in [3.8, 4) is 11.3 Å². The van der Waals surface area contributed by atoms with Crippen molar-refractivity contribution in [2.45, 2.75) is 18.7 Å². The third-order valence-corrected chi connectivity index (χ3v) is 4.87. The van der Waals surface area contributed by atoms with Gasteiger partial charge < -0.3 is 4.52 Å². The smallest absolute Gasteiger partial charge is 0.262 e. The van der Waals surface area contributed by atoms with Gasteiger partial charge in [0.15, 0.2) is 5.13 Å². The van der Waals surface area contributed by atoms with E-state index in [1.807, 2.05) is 23.8 Å². The van der Waals surface area contributed by atoms with Crippen molar-refractivity contribution >= 4 is 34.1 Å². The number of amides is 1. The lowest BCUT2D eigenvalue weighted by Gasteiger charge is -2.01. The average molecular weight is 345 g/mol. The Balaban J connectivity index is 1.78. The van der Waals surface area contributed by atoms with E-state index in [-0.39, 0.29) is 5.91 Å². The highest BCUT2D eigenvalue weighted by Gasteiger charge is 2.18. The lowest BCUT2D eigenvalue weighted by atomic mass is 10.2. The first kappa shape index (κ1) is 15.8. The van der Waals surface area contributed by atoms with Gasteiger partial charge in [0.05, 0.1) is 11.4 Å². The van der Waals surface area contributed by atoms with Gasteiger partial charge in [-0.25, -0.2) is 4.98 Å². The number of rotatable bonds is 4. The van der Waals surface area contributed by atoms with Gasteiger partial charge in [-0.3, -0.25) is 10.1 Å². The van der Waals surface area contributed by atoms with Crippen LogP contribution in [0.1, 0.15) is 21.8 Å². The van der Waals surface area contributed by atoms with Crippen LogP contribution in [0.5, 0.6) is 0 Å². The first-order valence-electron chi connectivity index (χ1n) is 6.92. The van der Waals surface area contributed by atoms with Gasteiger partial charge in [0.1, 0.15) is 11.3 Å². The van der Waals surface area contributed by atoms with E-state index in [4.69, 9.17) is 4.52 Å². The van der Waals surface area contributed by atoms with Gasteiger partial charge in [0.25, 0.3) is 5.91 Å². The van der Waals surface area contributed by atoms with Crippen LogP contribution in [-0.2, 0) is 0 Å². The van der Waals surface area contributed by atoms with Crippen LogP contribution in [0.2, 0.25) is 0 Å². The Morgan fingerprint density at radius 2 is 2.00 bits per heavy atom. The number of carbonyl (C=O) groups is 1. The molecule has 0 fully saturated rings. The molecule has 0 aliphatic carbocycles. The number of nitrogens with one attached hydrogen (secondary N) is 1. The lowest BCUT2D eigenvalue weighted by molar-refractivity contribution is 0.102. The molecule has 5 nitrogen and oxygen atoms in total. The summed E-state index contributed by atoms with van der Waals surface area (Å²) in [4.78, 5) is 18.0. The SMILES string of the molecule is CSc1ccc(-c2csc(NC(=O)c3c(C)noc3C)n2)cc1. The van der Waals surface area contributed by atoms with E-state index in [0.717, 1.165) is 11.3 Å². The normalized spacial score (nSPS) is 10.7. The minimum atomic E-state index is -0.250. The number of benzene rings is 1. The zero-order chi connectivity index (χ0) is 16.4. The molecule has 0 bridgehead atoms. The van der Waals surface area contributed by atoms with Crippen molar-refractivity contribution in [1.29, 1.82) is 0 Å². The van der Waals surface area contributed by atoms with Crippen LogP contribution in [-0.4, -0.2) is 22.3 Å². The molecule has 0 saturated heterocycles. The van der Waals surface area contributed by atoms with Crippen LogP contribution in [0.4, 0.5) is 5.13 Å². The molecule has 7 heteroatoms. The second-order valence-corrected chi connectivity index (χ2v) is 6.66. The fourth-order valence-electron chi connectivity index (χ4n) is 2.19. The molecule has 1 aromatic carbocycles. The Kier molecular flexibility index (Phi) is 4.49.